The van der Waals surface area contributed by atoms with Gasteiger partial charge in [0.15, 0.2) is 0 Å². The molecule has 25 heavy (non-hydrogen) atoms. The highest BCUT2D eigenvalue weighted by atomic mass is 16.2. The van der Waals surface area contributed by atoms with Crippen molar-refractivity contribution in [3.63, 3.8) is 0 Å². The molecule has 2 saturated heterocycles. The third kappa shape index (κ3) is 3.43. The number of rotatable bonds is 3. The lowest BCUT2D eigenvalue weighted by molar-refractivity contribution is -0.136. The van der Waals surface area contributed by atoms with Gasteiger partial charge in [-0.25, -0.2) is 0 Å². The highest BCUT2D eigenvalue weighted by molar-refractivity contribution is 5.92. The van der Waals surface area contributed by atoms with Crippen molar-refractivity contribution < 1.29 is 9.59 Å². The molecule has 5 nitrogen and oxygen atoms in total. The average Bonchev–Trinajstić information content (AvgIpc) is 3.35. The van der Waals surface area contributed by atoms with Crippen LogP contribution in [0.15, 0.2) is 30.3 Å². The molecule has 2 N–H and O–H groups in total. The molecule has 3 aliphatic rings. The largest absolute Gasteiger partial charge is 0.342 e. The van der Waals surface area contributed by atoms with Crippen LogP contribution in [0.5, 0.6) is 0 Å². The van der Waals surface area contributed by atoms with Gasteiger partial charge in [-0.1, -0.05) is 18.2 Å². The highest BCUT2D eigenvalue weighted by Crippen LogP contribution is 2.59. The smallest absolute Gasteiger partial charge is 0.227 e. The Morgan fingerprint density at radius 3 is 2.44 bits per heavy atom. The molecule has 1 aromatic rings. The second kappa shape index (κ2) is 6.79. The van der Waals surface area contributed by atoms with Gasteiger partial charge in [0.25, 0.3) is 0 Å². The number of carbonyl (C=O) groups excluding carboxylic acids is 2. The van der Waals surface area contributed by atoms with E-state index in [0.29, 0.717) is 11.3 Å². The Morgan fingerprint density at radius 1 is 1.08 bits per heavy atom. The monoisotopic (exact) mass is 341 g/mol. The van der Waals surface area contributed by atoms with E-state index < -0.39 is 0 Å². The summed E-state index contributed by atoms with van der Waals surface area (Å²) in [4.78, 5) is 27.2. The summed E-state index contributed by atoms with van der Waals surface area (Å²) in [5, 5.41) is 6.38. The van der Waals surface area contributed by atoms with Gasteiger partial charge < -0.3 is 15.5 Å². The number of hydrogen-bond acceptors (Lipinski definition) is 3. The summed E-state index contributed by atoms with van der Waals surface area (Å²) in [6.07, 6.45) is 4.89. The maximum Gasteiger partial charge on any atom is 0.227 e. The van der Waals surface area contributed by atoms with Crippen molar-refractivity contribution in [3.8, 4) is 0 Å². The number of amides is 2. The molecule has 0 aromatic heterocycles. The fourth-order valence-corrected chi connectivity index (χ4v) is 4.52. The van der Waals surface area contributed by atoms with Crippen LogP contribution in [0.25, 0.3) is 0 Å². The lowest BCUT2D eigenvalue weighted by atomic mass is 9.90. The lowest BCUT2D eigenvalue weighted by Gasteiger charge is -2.32. The molecule has 1 unspecified atom stereocenters. The second-order valence-corrected chi connectivity index (χ2v) is 7.82. The standard InChI is InChI=1S/C20H27N3O2/c24-18(22-16-4-2-1-3-5-16)15-6-12-23(13-7-15)19(25)17-14-20(17)8-10-21-11-9-20/h1-5,15,17,21H,6-14H2,(H,22,24). The number of anilines is 1. The molecule has 2 aliphatic heterocycles. The molecule has 1 atom stereocenters. The third-order valence-corrected chi connectivity index (χ3v) is 6.31. The SMILES string of the molecule is O=C(Nc1ccccc1)C1CCN(C(=O)C2CC23CCNCC3)CC1. The van der Waals surface area contributed by atoms with Gasteiger partial charge in [-0.2, -0.15) is 0 Å². The molecule has 3 fully saturated rings. The number of para-hydroxylation sites is 1. The van der Waals surface area contributed by atoms with Gasteiger partial charge in [-0.3, -0.25) is 9.59 Å². The number of piperidine rings is 2. The molecular weight excluding hydrogens is 314 g/mol. The van der Waals surface area contributed by atoms with E-state index in [0.717, 1.165) is 64.0 Å². The fraction of sp³-hybridized carbons (Fsp3) is 0.600. The summed E-state index contributed by atoms with van der Waals surface area (Å²) in [6.45, 7) is 3.53. The van der Waals surface area contributed by atoms with Crippen LogP contribution in [0, 0.1) is 17.3 Å². The van der Waals surface area contributed by atoms with Crippen LogP contribution in [0.1, 0.15) is 32.1 Å². The number of benzene rings is 1. The van der Waals surface area contributed by atoms with Crippen LogP contribution < -0.4 is 10.6 Å². The fourth-order valence-electron chi connectivity index (χ4n) is 4.52. The summed E-state index contributed by atoms with van der Waals surface area (Å²) < 4.78 is 0. The Balaban J connectivity index is 1.27. The number of nitrogens with zero attached hydrogens (tertiary/aromatic N) is 1. The summed E-state index contributed by atoms with van der Waals surface area (Å²) in [7, 11) is 0. The van der Waals surface area contributed by atoms with Crippen molar-refractivity contribution in [2.75, 3.05) is 31.5 Å². The molecule has 0 radical (unpaired) electrons. The van der Waals surface area contributed by atoms with Crippen LogP contribution >= 0.6 is 0 Å². The molecule has 5 heteroatoms. The zero-order chi connectivity index (χ0) is 17.3. The molecule has 4 rings (SSSR count). The van der Waals surface area contributed by atoms with Crippen molar-refractivity contribution in [1.29, 1.82) is 0 Å². The predicted octanol–water partition coefficient (Wildman–Crippen LogP) is 2.25. The normalized spacial score (nSPS) is 25.6. The Labute approximate surface area is 149 Å². The van der Waals surface area contributed by atoms with Gasteiger partial charge in [0, 0.05) is 30.6 Å². The number of likely N-dealkylation sites (tertiary alicyclic amines) is 1. The maximum atomic E-state index is 12.8. The van der Waals surface area contributed by atoms with Crippen LogP contribution in [0.3, 0.4) is 0 Å². The molecule has 1 aromatic carbocycles. The van der Waals surface area contributed by atoms with Crippen molar-refractivity contribution in [2.45, 2.75) is 32.1 Å². The Bertz CT molecular complexity index is 632. The maximum absolute atomic E-state index is 12.8. The minimum Gasteiger partial charge on any atom is -0.342 e. The van der Waals surface area contributed by atoms with Crippen molar-refractivity contribution in [1.82, 2.24) is 10.2 Å². The Morgan fingerprint density at radius 2 is 1.76 bits per heavy atom. The van der Waals surface area contributed by atoms with E-state index in [9.17, 15) is 9.59 Å². The first-order valence-electron chi connectivity index (χ1n) is 9.53. The van der Waals surface area contributed by atoms with Crippen molar-refractivity contribution in [3.05, 3.63) is 30.3 Å². The van der Waals surface area contributed by atoms with Gasteiger partial charge in [0.05, 0.1) is 0 Å². The van der Waals surface area contributed by atoms with Gasteiger partial charge in [-0.05, 0) is 62.7 Å². The number of hydrogen-bond donors (Lipinski definition) is 2. The van der Waals surface area contributed by atoms with Gasteiger partial charge in [0.2, 0.25) is 11.8 Å². The van der Waals surface area contributed by atoms with Crippen LogP contribution in [-0.2, 0) is 9.59 Å². The molecule has 0 bridgehead atoms. The first-order valence-corrected chi connectivity index (χ1v) is 9.53. The van der Waals surface area contributed by atoms with E-state index in [1.807, 2.05) is 35.2 Å². The number of carbonyl (C=O) groups is 2. The summed E-state index contributed by atoms with van der Waals surface area (Å²) in [5.41, 5.74) is 1.14. The van der Waals surface area contributed by atoms with Crippen LogP contribution in [-0.4, -0.2) is 42.9 Å². The lowest BCUT2D eigenvalue weighted by Crippen LogP contribution is -2.43. The molecule has 1 saturated carbocycles. The Hall–Kier alpha value is -1.88. The van der Waals surface area contributed by atoms with Gasteiger partial charge in [0.1, 0.15) is 0 Å². The summed E-state index contributed by atoms with van der Waals surface area (Å²) in [6, 6.07) is 9.59. The molecule has 2 amide bonds. The average molecular weight is 341 g/mol. The van der Waals surface area contributed by atoms with E-state index >= 15 is 0 Å². The first-order chi connectivity index (χ1) is 12.2. The molecule has 1 aliphatic carbocycles. The minimum absolute atomic E-state index is 0.0105. The first kappa shape index (κ1) is 16.6. The summed E-state index contributed by atoms with van der Waals surface area (Å²) in [5.74, 6) is 0.670. The molecule has 1 spiro atoms. The summed E-state index contributed by atoms with van der Waals surface area (Å²) >= 11 is 0. The Kier molecular flexibility index (Phi) is 4.50. The van der Waals surface area contributed by atoms with Gasteiger partial charge >= 0.3 is 0 Å². The van der Waals surface area contributed by atoms with Crippen molar-refractivity contribution in [2.24, 2.45) is 17.3 Å². The van der Waals surface area contributed by atoms with E-state index in [4.69, 9.17) is 0 Å². The van der Waals surface area contributed by atoms with E-state index in [-0.39, 0.29) is 17.7 Å². The van der Waals surface area contributed by atoms with E-state index in [1.165, 1.54) is 0 Å². The zero-order valence-corrected chi connectivity index (χ0v) is 14.7. The molecular formula is C20H27N3O2. The second-order valence-electron chi connectivity index (χ2n) is 7.82. The third-order valence-electron chi connectivity index (χ3n) is 6.31. The highest BCUT2D eigenvalue weighted by Gasteiger charge is 2.58. The topological polar surface area (TPSA) is 61.4 Å². The molecule has 2 heterocycles. The van der Waals surface area contributed by atoms with Gasteiger partial charge in [-0.15, -0.1) is 0 Å². The van der Waals surface area contributed by atoms with E-state index in [2.05, 4.69) is 10.6 Å². The predicted molar refractivity (Wildman–Crippen MR) is 97.0 cm³/mol. The number of nitrogens with one attached hydrogen (secondary N) is 2. The minimum atomic E-state index is 0.0105. The van der Waals surface area contributed by atoms with E-state index in [1.54, 1.807) is 0 Å². The zero-order valence-electron chi connectivity index (χ0n) is 14.7. The molecule has 134 valence electrons. The van der Waals surface area contributed by atoms with Crippen molar-refractivity contribution >= 4 is 17.5 Å². The van der Waals surface area contributed by atoms with Crippen LogP contribution in [0.4, 0.5) is 5.69 Å². The van der Waals surface area contributed by atoms with Crippen LogP contribution in [0.2, 0.25) is 0 Å². The quantitative estimate of drug-likeness (QED) is 0.886.